The van der Waals surface area contributed by atoms with Gasteiger partial charge in [-0.2, -0.15) is 0 Å². The van der Waals surface area contributed by atoms with Crippen LogP contribution < -0.4 is 4.72 Å². The van der Waals surface area contributed by atoms with E-state index < -0.39 is 11.4 Å². The third-order valence-electron chi connectivity index (χ3n) is 2.96. The van der Waals surface area contributed by atoms with Gasteiger partial charge in [0.05, 0.1) is 5.69 Å². The highest BCUT2D eigenvalue weighted by Gasteiger charge is 2.30. The van der Waals surface area contributed by atoms with Crippen molar-refractivity contribution in [1.82, 2.24) is 9.71 Å². The lowest BCUT2D eigenvalue weighted by molar-refractivity contribution is 0.534. The number of rotatable bonds is 4. The molecule has 0 aliphatic rings. The fourth-order valence-electron chi connectivity index (χ4n) is 1.79. The Morgan fingerprint density at radius 1 is 1.14 bits per heavy atom. The van der Waals surface area contributed by atoms with Gasteiger partial charge in [0.25, 0.3) is 0 Å². The van der Waals surface area contributed by atoms with Crippen LogP contribution in [0.5, 0.6) is 0 Å². The number of nitrogens with one attached hydrogen (secondary N) is 1. The van der Waals surface area contributed by atoms with E-state index in [1.54, 1.807) is 6.20 Å². The molecule has 2 rings (SSSR count). The van der Waals surface area contributed by atoms with E-state index in [1.165, 1.54) is 0 Å². The molecule has 1 aromatic heterocycles. The highest BCUT2D eigenvalue weighted by Crippen LogP contribution is 2.25. The summed E-state index contributed by atoms with van der Waals surface area (Å²) in [5, 5.41) is 0. The molecule has 0 spiro atoms. The third kappa shape index (κ3) is 4.54. The predicted molar refractivity (Wildman–Crippen MR) is 91.3 cm³/mol. The maximum absolute atomic E-state index is 12.5. The van der Waals surface area contributed by atoms with Gasteiger partial charge < -0.3 is 4.55 Å². The van der Waals surface area contributed by atoms with Crippen LogP contribution in [0.3, 0.4) is 0 Å². The number of hydrogen-bond donors (Lipinski definition) is 1. The molecule has 5 heteroatoms. The normalized spacial score (nSPS) is 14.7. The summed E-state index contributed by atoms with van der Waals surface area (Å²) < 4.78 is 16.2. The molecule has 0 saturated carbocycles. The van der Waals surface area contributed by atoms with Crippen molar-refractivity contribution in [3.63, 3.8) is 0 Å². The van der Waals surface area contributed by atoms with Gasteiger partial charge in [-0.15, -0.1) is 4.72 Å². The van der Waals surface area contributed by atoms with Crippen LogP contribution in [0.4, 0.5) is 0 Å². The molecule has 1 aromatic carbocycles. The van der Waals surface area contributed by atoms with E-state index in [9.17, 15) is 4.55 Å². The van der Waals surface area contributed by atoms with Gasteiger partial charge in [0.2, 0.25) is 0 Å². The van der Waals surface area contributed by atoms with Crippen molar-refractivity contribution in [3.8, 4) is 0 Å². The maximum Gasteiger partial charge on any atom is 0.136 e. The summed E-state index contributed by atoms with van der Waals surface area (Å²) in [5.74, 6) is 0. The first-order valence-electron chi connectivity index (χ1n) is 6.72. The molecule has 2 aromatic rings. The molecule has 0 amide bonds. The first kappa shape index (κ1) is 16.5. The molecule has 1 N–H and O–H groups in total. The molecular formula is C16H19BrN2OS. The van der Waals surface area contributed by atoms with Gasteiger partial charge in [0.15, 0.2) is 0 Å². The van der Waals surface area contributed by atoms with E-state index in [0.717, 1.165) is 15.7 Å². The zero-order chi connectivity index (χ0) is 15.5. The van der Waals surface area contributed by atoms with E-state index in [2.05, 4.69) is 25.6 Å². The molecule has 0 unspecified atom stereocenters. The third-order valence-corrected chi connectivity index (χ3v) is 4.99. The molecule has 1 heterocycles. The van der Waals surface area contributed by atoms with Gasteiger partial charge >= 0.3 is 0 Å². The van der Waals surface area contributed by atoms with Gasteiger partial charge in [-0.1, -0.05) is 30.3 Å². The van der Waals surface area contributed by atoms with Crippen molar-refractivity contribution in [2.24, 2.45) is 0 Å². The summed E-state index contributed by atoms with van der Waals surface area (Å²) >= 11 is 2.22. The molecule has 0 saturated heterocycles. The molecular weight excluding hydrogens is 348 g/mol. The first-order chi connectivity index (χ1) is 9.88. The van der Waals surface area contributed by atoms with Crippen molar-refractivity contribution in [1.29, 1.82) is 0 Å². The minimum absolute atomic E-state index is 0.195. The SMILES string of the molecule is CC(C)(C)[S@+]([O-])N[C@@H](c1ccccc1)c1ccc(Br)cn1. The lowest BCUT2D eigenvalue weighted by Crippen LogP contribution is -2.41. The van der Waals surface area contributed by atoms with E-state index in [0.29, 0.717) is 0 Å². The van der Waals surface area contributed by atoms with Crippen LogP contribution >= 0.6 is 15.9 Å². The van der Waals surface area contributed by atoms with Crippen LogP contribution in [0.25, 0.3) is 0 Å². The highest BCUT2D eigenvalue weighted by atomic mass is 79.9. The standard InChI is InChI=1S/C16H19BrN2OS/c1-16(2,3)21(20)19-15(12-7-5-4-6-8-12)14-10-9-13(17)11-18-14/h4-11,15,19H,1-3H3/t15-,21-/m0/s1. The molecule has 0 radical (unpaired) electrons. The minimum atomic E-state index is -1.18. The van der Waals surface area contributed by atoms with Gasteiger partial charge in [-0.25, -0.2) is 0 Å². The Morgan fingerprint density at radius 2 is 1.81 bits per heavy atom. The number of hydrogen-bond acceptors (Lipinski definition) is 3. The van der Waals surface area contributed by atoms with Crippen molar-refractivity contribution in [3.05, 3.63) is 64.4 Å². The van der Waals surface area contributed by atoms with E-state index in [4.69, 9.17) is 0 Å². The average molecular weight is 367 g/mol. The molecule has 3 nitrogen and oxygen atoms in total. The molecule has 21 heavy (non-hydrogen) atoms. The number of pyridine rings is 1. The fourth-order valence-corrected chi connectivity index (χ4v) is 2.85. The molecule has 0 fully saturated rings. The summed E-state index contributed by atoms with van der Waals surface area (Å²) in [6.45, 7) is 5.85. The first-order valence-corrected chi connectivity index (χ1v) is 8.66. The van der Waals surface area contributed by atoms with Crippen LogP contribution in [-0.2, 0) is 11.4 Å². The predicted octanol–water partition coefficient (Wildman–Crippen LogP) is 3.99. The van der Waals surface area contributed by atoms with Crippen molar-refractivity contribution >= 4 is 27.3 Å². The van der Waals surface area contributed by atoms with Crippen LogP contribution in [0.15, 0.2) is 53.1 Å². The van der Waals surface area contributed by atoms with Crippen LogP contribution in [0.2, 0.25) is 0 Å². The lowest BCUT2D eigenvalue weighted by Gasteiger charge is -2.28. The minimum Gasteiger partial charge on any atom is -0.598 e. The summed E-state index contributed by atoms with van der Waals surface area (Å²) in [4.78, 5) is 4.45. The zero-order valence-corrected chi connectivity index (χ0v) is 14.7. The summed E-state index contributed by atoms with van der Waals surface area (Å²) in [6.07, 6.45) is 1.76. The monoisotopic (exact) mass is 366 g/mol. The highest BCUT2D eigenvalue weighted by molar-refractivity contribution is 9.10. The summed E-state index contributed by atoms with van der Waals surface area (Å²) in [6, 6.07) is 13.6. The number of benzene rings is 1. The van der Waals surface area contributed by atoms with Gasteiger partial charge in [0.1, 0.15) is 10.8 Å². The maximum atomic E-state index is 12.5. The fraction of sp³-hybridized carbons (Fsp3) is 0.312. The van der Waals surface area contributed by atoms with Gasteiger partial charge in [0, 0.05) is 22.0 Å². The van der Waals surface area contributed by atoms with Crippen molar-refractivity contribution in [2.45, 2.75) is 31.6 Å². The summed E-state index contributed by atoms with van der Waals surface area (Å²) in [7, 11) is 0. The Balaban J connectivity index is 2.33. The molecule has 2 atom stereocenters. The largest absolute Gasteiger partial charge is 0.598 e. The Hall–Kier alpha value is -0.880. The van der Waals surface area contributed by atoms with Gasteiger partial charge in [-0.3, -0.25) is 4.98 Å². The van der Waals surface area contributed by atoms with Crippen LogP contribution in [-0.4, -0.2) is 14.3 Å². The number of nitrogens with zero attached hydrogens (tertiary/aromatic N) is 1. The number of aromatic nitrogens is 1. The molecule has 0 aliphatic carbocycles. The van der Waals surface area contributed by atoms with Crippen LogP contribution in [0.1, 0.15) is 38.1 Å². The lowest BCUT2D eigenvalue weighted by atomic mass is 10.0. The Bertz CT molecular complexity index is 569. The second-order valence-corrected chi connectivity index (χ2v) is 8.66. The second kappa shape index (κ2) is 6.92. The molecule has 0 aliphatic heterocycles. The smallest absolute Gasteiger partial charge is 0.136 e. The second-order valence-electron chi connectivity index (χ2n) is 5.74. The summed E-state index contributed by atoms with van der Waals surface area (Å²) in [5.41, 5.74) is 1.90. The topological polar surface area (TPSA) is 48.0 Å². The molecule has 0 bridgehead atoms. The quantitative estimate of drug-likeness (QED) is 0.832. The molecule has 112 valence electrons. The van der Waals surface area contributed by atoms with Crippen molar-refractivity contribution < 1.29 is 4.55 Å². The Kier molecular flexibility index (Phi) is 5.43. The zero-order valence-electron chi connectivity index (χ0n) is 12.3. The van der Waals surface area contributed by atoms with E-state index in [-0.39, 0.29) is 10.8 Å². The number of halogens is 1. The Labute approximate surface area is 137 Å². The van der Waals surface area contributed by atoms with Crippen LogP contribution in [0, 0.1) is 0 Å². The van der Waals surface area contributed by atoms with Crippen molar-refractivity contribution in [2.75, 3.05) is 0 Å². The average Bonchev–Trinajstić information content (AvgIpc) is 2.45. The van der Waals surface area contributed by atoms with E-state index in [1.807, 2.05) is 63.2 Å². The van der Waals surface area contributed by atoms with E-state index >= 15 is 0 Å². The van der Waals surface area contributed by atoms with Gasteiger partial charge in [-0.05, 0) is 54.4 Å². The Morgan fingerprint density at radius 3 is 2.33 bits per heavy atom.